The van der Waals surface area contributed by atoms with Crippen LogP contribution in [0.4, 0.5) is 17.1 Å². The molecule has 0 N–H and O–H groups in total. The molecule has 0 aliphatic heterocycles. The number of aromatic nitrogens is 3. The van der Waals surface area contributed by atoms with Crippen molar-refractivity contribution in [3.63, 3.8) is 0 Å². The quantitative estimate of drug-likeness (QED) is 0.241. The molecule has 0 aliphatic rings. The molecule has 0 bridgehead atoms. The SMILES string of the molecule is c1ccc(N(c2ccccc2)c2ccc3c4ccccc4n(-c4ncnc5c4oc4ccccc45)c3c2)cc1. The van der Waals surface area contributed by atoms with E-state index in [2.05, 4.69) is 105 Å². The second-order valence-electron chi connectivity index (χ2n) is 9.53. The molecule has 3 heterocycles. The van der Waals surface area contributed by atoms with Crippen LogP contribution in [-0.2, 0) is 0 Å². The third-order valence-electron chi connectivity index (χ3n) is 7.30. The van der Waals surface area contributed by atoms with Gasteiger partial charge < -0.3 is 9.32 Å². The number of rotatable bonds is 4. The third-order valence-corrected chi connectivity index (χ3v) is 7.30. The van der Waals surface area contributed by atoms with Crippen LogP contribution in [0.25, 0.3) is 49.7 Å². The van der Waals surface area contributed by atoms with E-state index < -0.39 is 0 Å². The van der Waals surface area contributed by atoms with Crippen LogP contribution in [0.3, 0.4) is 0 Å². The van der Waals surface area contributed by atoms with Crippen molar-refractivity contribution in [1.82, 2.24) is 14.5 Å². The van der Waals surface area contributed by atoms with Crippen molar-refractivity contribution >= 4 is 60.9 Å². The molecule has 3 aromatic heterocycles. The van der Waals surface area contributed by atoms with Gasteiger partial charge in [-0.2, -0.15) is 0 Å². The number of para-hydroxylation sites is 4. The molecule has 39 heavy (non-hydrogen) atoms. The fourth-order valence-corrected chi connectivity index (χ4v) is 5.60. The van der Waals surface area contributed by atoms with Crippen LogP contribution >= 0.6 is 0 Å². The highest BCUT2D eigenvalue weighted by Crippen LogP contribution is 2.40. The van der Waals surface area contributed by atoms with Crippen LogP contribution in [-0.4, -0.2) is 14.5 Å². The first-order chi connectivity index (χ1) is 19.4. The molecular weight excluding hydrogens is 480 g/mol. The molecule has 0 saturated heterocycles. The van der Waals surface area contributed by atoms with Crippen molar-refractivity contribution in [3.8, 4) is 5.82 Å². The lowest BCUT2D eigenvalue weighted by atomic mass is 10.1. The first-order valence-electron chi connectivity index (χ1n) is 12.9. The zero-order valence-corrected chi connectivity index (χ0v) is 20.9. The van der Waals surface area contributed by atoms with Crippen molar-refractivity contribution in [2.75, 3.05) is 4.90 Å². The van der Waals surface area contributed by atoms with Crippen molar-refractivity contribution in [2.45, 2.75) is 0 Å². The highest BCUT2D eigenvalue weighted by atomic mass is 16.3. The topological polar surface area (TPSA) is 47.1 Å². The normalized spacial score (nSPS) is 11.6. The van der Waals surface area contributed by atoms with Gasteiger partial charge in [-0.3, -0.25) is 4.57 Å². The summed E-state index contributed by atoms with van der Waals surface area (Å²) in [5, 5.41) is 3.29. The van der Waals surface area contributed by atoms with E-state index in [4.69, 9.17) is 9.40 Å². The molecule has 0 atom stereocenters. The minimum atomic E-state index is 0.676. The Morgan fingerprint density at radius 1 is 0.538 bits per heavy atom. The van der Waals surface area contributed by atoms with Crippen molar-refractivity contribution < 1.29 is 4.42 Å². The van der Waals surface area contributed by atoms with Gasteiger partial charge in [-0.25, -0.2) is 9.97 Å². The Labute approximate surface area is 224 Å². The maximum atomic E-state index is 6.37. The van der Waals surface area contributed by atoms with Crippen LogP contribution in [0.15, 0.2) is 138 Å². The molecule has 5 heteroatoms. The van der Waals surface area contributed by atoms with Gasteiger partial charge in [0, 0.05) is 33.2 Å². The van der Waals surface area contributed by atoms with Crippen molar-refractivity contribution in [3.05, 3.63) is 134 Å². The predicted octanol–water partition coefficient (Wildman–Crippen LogP) is 8.94. The summed E-state index contributed by atoms with van der Waals surface area (Å²) in [6.07, 6.45) is 1.63. The number of fused-ring (bicyclic) bond motifs is 6. The van der Waals surface area contributed by atoms with Gasteiger partial charge >= 0.3 is 0 Å². The molecule has 0 amide bonds. The maximum absolute atomic E-state index is 6.37. The molecule has 0 radical (unpaired) electrons. The van der Waals surface area contributed by atoms with Gasteiger partial charge in [-0.05, 0) is 54.6 Å². The summed E-state index contributed by atoms with van der Waals surface area (Å²) < 4.78 is 8.57. The van der Waals surface area contributed by atoms with E-state index in [0.717, 1.165) is 61.2 Å². The Bertz CT molecular complexity index is 2090. The molecule has 8 rings (SSSR count). The largest absolute Gasteiger partial charge is 0.450 e. The Balaban J connectivity index is 1.45. The second-order valence-corrected chi connectivity index (χ2v) is 9.53. The minimum absolute atomic E-state index is 0.676. The van der Waals surface area contributed by atoms with E-state index in [1.165, 1.54) is 0 Å². The van der Waals surface area contributed by atoms with Crippen LogP contribution < -0.4 is 4.90 Å². The van der Waals surface area contributed by atoms with E-state index in [-0.39, 0.29) is 0 Å². The number of nitrogens with zero attached hydrogens (tertiary/aromatic N) is 4. The Kier molecular flexibility index (Phi) is 4.76. The summed E-state index contributed by atoms with van der Waals surface area (Å²) in [4.78, 5) is 11.7. The van der Waals surface area contributed by atoms with E-state index in [0.29, 0.717) is 5.58 Å². The lowest BCUT2D eigenvalue weighted by molar-refractivity contribution is 0.662. The van der Waals surface area contributed by atoms with Gasteiger partial charge in [0.15, 0.2) is 11.4 Å². The van der Waals surface area contributed by atoms with E-state index in [1.807, 2.05) is 36.4 Å². The van der Waals surface area contributed by atoms with Gasteiger partial charge in [0.2, 0.25) is 0 Å². The molecule has 0 fully saturated rings. The van der Waals surface area contributed by atoms with E-state index >= 15 is 0 Å². The van der Waals surface area contributed by atoms with Crippen LogP contribution in [0.5, 0.6) is 0 Å². The molecule has 0 spiro atoms. The minimum Gasteiger partial charge on any atom is -0.450 e. The summed E-state index contributed by atoms with van der Waals surface area (Å²) in [5.41, 5.74) is 7.64. The maximum Gasteiger partial charge on any atom is 0.197 e. The van der Waals surface area contributed by atoms with Gasteiger partial charge in [0.25, 0.3) is 0 Å². The summed E-state index contributed by atoms with van der Waals surface area (Å²) in [6, 6.07) is 44.0. The smallest absolute Gasteiger partial charge is 0.197 e. The Hall–Kier alpha value is -5.42. The fourth-order valence-electron chi connectivity index (χ4n) is 5.60. The molecule has 5 aromatic carbocycles. The summed E-state index contributed by atoms with van der Waals surface area (Å²) in [7, 11) is 0. The van der Waals surface area contributed by atoms with Gasteiger partial charge in [-0.1, -0.05) is 72.8 Å². The van der Waals surface area contributed by atoms with Crippen molar-refractivity contribution in [1.29, 1.82) is 0 Å². The highest BCUT2D eigenvalue weighted by Gasteiger charge is 2.21. The summed E-state index contributed by atoms with van der Waals surface area (Å²) >= 11 is 0. The molecular formula is C34H22N4O. The van der Waals surface area contributed by atoms with Crippen LogP contribution in [0, 0.1) is 0 Å². The van der Waals surface area contributed by atoms with E-state index in [1.54, 1.807) is 6.33 Å². The number of hydrogen-bond acceptors (Lipinski definition) is 4. The predicted molar refractivity (Wildman–Crippen MR) is 158 cm³/mol. The number of anilines is 3. The first-order valence-corrected chi connectivity index (χ1v) is 12.9. The molecule has 5 nitrogen and oxygen atoms in total. The molecule has 0 aliphatic carbocycles. The fraction of sp³-hybridized carbons (Fsp3) is 0. The van der Waals surface area contributed by atoms with E-state index in [9.17, 15) is 0 Å². The molecule has 8 aromatic rings. The summed E-state index contributed by atoms with van der Waals surface area (Å²) in [5.74, 6) is 0.727. The number of benzene rings is 5. The number of furan rings is 1. The Morgan fingerprint density at radius 2 is 1.18 bits per heavy atom. The summed E-state index contributed by atoms with van der Waals surface area (Å²) in [6.45, 7) is 0. The number of hydrogen-bond donors (Lipinski definition) is 0. The standard InChI is InChI=1S/C34H22N4O/c1-3-11-23(12-4-1)37(24-13-5-2-6-14-24)25-19-20-27-26-15-7-9-17-29(26)38(30(27)21-25)34-33-32(35-22-36-34)28-16-8-10-18-31(28)39-33/h1-22H. The Morgan fingerprint density at radius 3 is 1.95 bits per heavy atom. The zero-order valence-electron chi connectivity index (χ0n) is 20.9. The zero-order chi connectivity index (χ0) is 25.8. The van der Waals surface area contributed by atoms with Gasteiger partial charge in [0.05, 0.1) is 11.0 Å². The van der Waals surface area contributed by atoms with Gasteiger partial charge in [-0.15, -0.1) is 0 Å². The average molecular weight is 503 g/mol. The van der Waals surface area contributed by atoms with Crippen LogP contribution in [0.2, 0.25) is 0 Å². The molecule has 0 saturated carbocycles. The third kappa shape index (κ3) is 3.33. The lowest BCUT2D eigenvalue weighted by Gasteiger charge is -2.25. The molecule has 0 unspecified atom stereocenters. The average Bonchev–Trinajstić information content (AvgIpc) is 3.54. The van der Waals surface area contributed by atoms with Crippen LogP contribution in [0.1, 0.15) is 0 Å². The van der Waals surface area contributed by atoms with Crippen molar-refractivity contribution in [2.24, 2.45) is 0 Å². The highest BCUT2D eigenvalue weighted by molar-refractivity contribution is 6.12. The first kappa shape index (κ1) is 21.6. The van der Waals surface area contributed by atoms with Gasteiger partial charge in [0.1, 0.15) is 17.4 Å². The lowest BCUT2D eigenvalue weighted by Crippen LogP contribution is -2.09. The second kappa shape index (κ2) is 8.57. The monoisotopic (exact) mass is 502 g/mol. The molecule has 184 valence electrons.